The first-order valence-corrected chi connectivity index (χ1v) is 6.17. The zero-order valence-corrected chi connectivity index (χ0v) is 9.98. The normalized spacial score (nSPS) is 22.8. The molecule has 1 saturated heterocycles. The third-order valence-corrected chi connectivity index (χ3v) is 3.45. The predicted octanol–water partition coefficient (Wildman–Crippen LogP) is 0.324. The lowest BCUT2D eigenvalue weighted by Crippen LogP contribution is -2.28. The maximum absolute atomic E-state index is 11.3. The summed E-state index contributed by atoms with van der Waals surface area (Å²) in [5, 5.41) is 12.4. The number of nitrogens with zero attached hydrogens (tertiary/aromatic N) is 2. The molecule has 1 fully saturated rings. The second kappa shape index (κ2) is 4.62. The van der Waals surface area contributed by atoms with Crippen LogP contribution in [-0.2, 0) is 17.7 Å². The van der Waals surface area contributed by atoms with Crippen LogP contribution in [0.4, 0.5) is 0 Å². The molecule has 2 aliphatic rings. The topological polar surface area (TPSA) is 84.3 Å². The number of aromatic nitrogens is 2. The number of fused-ring (bicyclic) bond motifs is 1. The Bertz CT molecular complexity index is 484. The highest BCUT2D eigenvalue weighted by molar-refractivity contribution is 5.87. The van der Waals surface area contributed by atoms with Crippen molar-refractivity contribution in [2.24, 2.45) is 0 Å². The lowest BCUT2D eigenvalue weighted by Gasteiger charge is -2.19. The highest BCUT2D eigenvalue weighted by atomic mass is 16.5. The molecule has 2 aliphatic heterocycles. The molecule has 0 aliphatic carbocycles. The summed E-state index contributed by atoms with van der Waals surface area (Å²) in [5.74, 6) is -0.202. The van der Waals surface area contributed by atoms with Crippen LogP contribution in [0.3, 0.4) is 0 Å². The molecule has 0 bridgehead atoms. The van der Waals surface area contributed by atoms with Crippen LogP contribution in [0.2, 0.25) is 0 Å². The second-order valence-electron chi connectivity index (χ2n) is 4.65. The number of hydrogen-bond acceptors (Lipinski definition) is 5. The molecule has 3 heterocycles. The van der Waals surface area contributed by atoms with Gasteiger partial charge in [-0.05, 0) is 6.42 Å². The average Bonchev–Trinajstić information content (AvgIpc) is 2.91. The van der Waals surface area contributed by atoms with E-state index in [2.05, 4.69) is 15.3 Å². The summed E-state index contributed by atoms with van der Waals surface area (Å²) in [6.45, 7) is 2.67. The van der Waals surface area contributed by atoms with Crippen molar-refractivity contribution in [1.82, 2.24) is 15.3 Å². The number of rotatable bonds is 2. The molecule has 1 unspecified atom stereocenters. The van der Waals surface area contributed by atoms with Crippen LogP contribution >= 0.6 is 0 Å². The van der Waals surface area contributed by atoms with Crippen molar-refractivity contribution in [3.05, 3.63) is 22.8 Å². The minimum atomic E-state index is -0.975. The Morgan fingerprint density at radius 2 is 2.33 bits per heavy atom. The SMILES string of the molecule is O=C(O)c1nc(C2CCOC2)nc2c1CNCC2. The molecular formula is C12H15N3O3. The Morgan fingerprint density at radius 3 is 3.06 bits per heavy atom. The monoisotopic (exact) mass is 249 g/mol. The summed E-state index contributed by atoms with van der Waals surface area (Å²) >= 11 is 0. The minimum Gasteiger partial charge on any atom is -0.476 e. The van der Waals surface area contributed by atoms with Gasteiger partial charge in [0.25, 0.3) is 0 Å². The zero-order chi connectivity index (χ0) is 12.5. The lowest BCUT2D eigenvalue weighted by molar-refractivity contribution is 0.0687. The van der Waals surface area contributed by atoms with Gasteiger partial charge in [-0.25, -0.2) is 14.8 Å². The Hall–Kier alpha value is -1.53. The maximum Gasteiger partial charge on any atom is 0.354 e. The van der Waals surface area contributed by atoms with Crippen LogP contribution in [0.25, 0.3) is 0 Å². The van der Waals surface area contributed by atoms with Gasteiger partial charge in [0, 0.05) is 37.6 Å². The van der Waals surface area contributed by atoms with E-state index in [0.717, 1.165) is 30.6 Å². The quantitative estimate of drug-likeness (QED) is 0.785. The van der Waals surface area contributed by atoms with Gasteiger partial charge in [0.15, 0.2) is 5.69 Å². The minimum absolute atomic E-state index is 0.142. The third-order valence-electron chi connectivity index (χ3n) is 3.45. The fourth-order valence-electron chi connectivity index (χ4n) is 2.46. The molecular weight excluding hydrogens is 234 g/mol. The van der Waals surface area contributed by atoms with Crippen LogP contribution in [0, 0.1) is 0 Å². The molecule has 6 heteroatoms. The molecule has 96 valence electrons. The zero-order valence-electron chi connectivity index (χ0n) is 9.98. The molecule has 0 aromatic carbocycles. The van der Waals surface area contributed by atoms with Crippen LogP contribution < -0.4 is 5.32 Å². The Balaban J connectivity index is 2.05. The smallest absolute Gasteiger partial charge is 0.354 e. The van der Waals surface area contributed by atoms with Crippen LogP contribution in [-0.4, -0.2) is 40.8 Å². The standard InChI is InChI=1S/C12H15N3O3/c16-12(17)10-8-5-13-3-1-9(8)14-11(15-10)7-2-4-18-6-7/h7,13H,1-6H2,(H,16,17). The summed E-state index contributed by atoms with van der Waals surface area (Å²) in [6.07, 6.45) is 1.63. The van der Waals surface area contributed by atoms with Gasteiger partial charge in [-0.1, -0.05) is 0 Å². The van der Waals surface area contributed by atoms with Crippen LogP contribution in [0.5, 0.6) is 0 Å². The van der Waals surface area contributed by atoms with Gasteiger partial charge < -0.3 is 15.2 Å². The first kappa shape index (κ1) is 11.6. The summed E-state index contributed by atoms with van der Waals surface area (Å²) in [4.78, 5) is 20.1. The van der Waals surface area contributed by atoms with E-state index in [9.17, 15) is 9.90 Å². The molecule has 0 spiro atoms. The van der Waals surface area contributed by atoms with Crippen LogP contribution in [0.1, 0.15) is 39.9 Å². The Labute approximate surface area is 104 Å². The molecule has 2 N–H and O–H groups in total. The summed E-state index contributed by atoms with van der Waals surface area (Å²) < 4.78 is 5.32. The van der Waals surface area contributed by atoms with Crippen molar-refractivity contribution in [2.75, 3.05) is 19.8 Å². The summed E-state index contributed by atoms with van der Waals surface area (Å²) in [5.41, 5.74) is 1.76. The molecule has 6 nitrogen and oxygen atoms in total. The highest BCUT2D eigenvalue weighted by Gasteiger charge is 2.26. The molecule has 0 radical (unpaired) electrons. The van der Waals surface area contributed by atoms with Crippen molar-refractivity contribution < 1.29 is 14.6 Å². The molecule has 1 aromatic heterocycles. The number of carboxylic acids is 1. The van der Waals surface area contributed by atoms with E-state index in [4.69, 9.17) is 4.74 Å². The lowest BCUT2D eigenvalue weighted by atomic mass is 10.0. The first-order valence-electron chi connectivity index (χ1n) is 6.17. The largest absolute Gasteiger partial charge is 0.476 e. The molecule has 3 rings (SSSR count). The van der Waals surface area contributed by atoms with E-state index in [1.807, 2.05) is 0 Å². The number of nitrogens with one attached hydrogen (secondary N) is 1. The Morgan fingerprint density at radius 1 is 1.44 bits per heavy atom. The van der Waals surface area contributed by atoms with Gasteiger partial charge in [0.1, 0.15) is 5.82 Å². The van der Waals surface area contributed by atoms with Gasteiger partial charge in [-0.2, -0.15) is 0 Å². The van der Waals surface area contributed by atoms with E-state index in [1.165, 1.54) is 0 Å². The molecule has 0 amide bonds. The second-order valence-corrected chi connectivity index (χ2v) is 4.65. The predicted molar refractivity (Wildman–Crippen MR) is 62.6 cm³/mol. The Kier molecular flexibility index (Phi) is 2.97. The van der Waals surface area contributed by atoms with E-state index in [0.29, 0.717) is 25.6 Å². The van der Waals surface area contributed by atoms with Gasteiger partial charge in [-0.15, -0.1) is 0 Å². The van der Waals surface area contributed by atoms with Crippen molar-refractivity contribution in [2.45, 2.75) is 25.3 Å². The van der Waals surface area contributed by atoms with Gasteiger partial charge in [0.2, 0.25) is 0 Å². The van der Waals surface area contributed by atoms with E-state index < -0.39 is 5.97 Å². The number of carbonyl (C=O) groups is 1. The van der Waals surface area contributed by atoms with Crippen molar-refractivity contribution >= 4 is 5.97 Å². The summed E-state index contributed by atoms with van der Waals surface area (Å²) in [6, 6.07) is 0. The maximum atomic E-state index is 11.3. The first-order chi connectivity index (χ1) is 8.75. The van der Waals surface area contributed by atoms with Crippen molar-refractivity contribution in [1.29, 1.82) is 0 Å². The molecule has 1 atom stereocenters. The van der Waals surface area contributed by atoms with Gasteiger partial charge >= 0.3 is 5.97 Å². The van der Waals surface area contributed by atoms with Crippen molar-refractivity contribution in [3.63, 3.8) is 0 Å². The van der Waals surface area contributed by atoms with Crippen molar-refractivity contribution in [3.8, 4) is 0 Å². The number of aromatic carboxylic acids is 1. The fourth-order valence-corrected chi connectivity index (χ4v) is 2.46. The van der Waals surface area contributed by atoms with E-state index in [-0.39, 0.29) is 11.6 Å². The van der Waals surface area contributed by atoms with Gasteiger partial charge in [0.05, 0.1) is 12.3 Å². The fraction of sp³-hybridized carbons (Fsp3) is 0.583. The number of carboxylic acid groups (broad SMARTS) is 1. The highest BCUT2D eigenvalue weighted by Crippen LogP contribution is 2.25. The third kappa shape index (κ3) is 1.97. The molecule has 1 aromatic rings. The van der Waals surface area contributed by atoms with E-state index in [1.54, 1.807) is 0 Å². The average molecular weight is 249 g/mol. The summed E-state index contributed by atoms with van der Waals surface area (Å²) in [7, 11) is 0. The molecule has 18 heavy (non-hydrogen) atoms. The number of ether oxygens (including phenoxy) is 1. The van der Waals surface area contributed by atoms with E-state index >= 15 is 0 Å². The van der Waals surface area contributed by atoms with Crippen LogP contribution in [0.15, 0.2) is 0 Å². The number of hydrogen-bond donors (Lipinski definition) is 2. The molecule has 0 saturated carbocycles. The van der Waals surface area contributed by atoms with Gasteiger partial charge in [-0.3, -0.25) is 0 Å².